The van der Waals surface area contributed by atoms with E-state index in [1.165, 1.54) is 17.7 Å². The van der Waals surface area contributed by atoms with E-state index in [-0.39, 0.29) is 5.54 Å². The Hall–Kier alpha value is -1.02. The molecular weight excluding hydrogens is 184 g/mol. The Kier molecular flexibility index (Phi) is 2.70. The molecule has 1 aromatic rings. The summed E-state index contributed by atoms with van der Waals surface area (Å²) in [7, 11) is 2.02. The third-order valence-electron chi connectivity index (χ3n) is 3.23. The van der Waals surface area contributed by atoms with Crippen molar-refractivity contribution < 1.29 is 0 Å². The highest BCUT2D eigenvalue weighted by Gasteiger charge is 2.30. The topological polar surface area (TPSA) is 15.3 Å². The van der Waals surface area contributed by atoms with Gasteiger partial charge < -0.3 is 10.2 Å². The molecule has 1 aliphatic heterocycles. The van der Waals surface area contributed by atoms with E-state index >= 15 is 0 Å². The quantitative estimate of drug-likeness (QED) is 0.810. The van der Waals surface area contributed by atoms with Crippen LogP contribution in [0.3, 0.4) is 0 Å². The van der Waals surface area contributed by atoms with Gasteiger partial charge >= 0.3 is 0 Å². The molecule has 0 aliphatic carbocycles. The molecule has 0 spiro atoms. The first-order valence-electron chi connectivity index (χ1n) is 5.65. The van der Waals surface area contributed by atoms with Crippen molar-refractivity contribution in [1.29, 1.82) is 0 Å². The minimum atomic E-state index is 0.196. The van der Waals surface area contributed by atoms with E-state index in [9.17, 15) is 0 Å². The fourth-order valence-corrected chi connectivity index (χ4v) is 2.50. The van der Waals surface area contributed by atoms with Gasteiger partial charge in [0.25, 0.3) is 0 Å². The first-order chi connectivity index (χ1) is 7.15. The first-order valence-corrected chi connectivity index (χ1v) is 5.65. The van der Waals surface area contributed by atoms with Crippen LogP contribution >= 0.6 is 0 Å². The van der Waals surface area contributed by atoms with Crippen LogP contribution in [0.2, 0.25) is 0 Å². The molecule has 0 radical (unpaired) electrons. The number of hydrogen-bond acceptors (Lipinski definition) is 2. The average Bonchev–Trinajstić information content (AvgIpc) is 2.61. The number of hydrogen-bond donors (Lipinski definition) is 1. The van der Waals surface area contributed by atoms with Crippen LogP contribution in [0.25, 0.3) is 0 Å². The Morgan fingerprint density at radius 1 is 1.33 bits per heavy atom. The summed E-state index contributed by atoms with van der Waals surface area (Å²) in [5, 5.41) is 3.27. The van der Waals surface area contributed by atoms with Crippen LogP contribution in [0, 0.1) is 0 Å². The molecular formula is C13H20N2. The van der Waals surface area contributed by atoms with Gasteiger partial charge in [-0.3, -0.25) is 0 Å². The van der Waals surface area contributed by atoms with E-state index in [1.54, 1.807) is 0 Å². The molecule has 82 valence electrons. The number of benzene rings is 1. The van der Waals surface area contributed by atoms with Crippen molar-refractivity contribution in [2.75, 3.05) is 25.0 Å². The summed E-state index contributed by atoms with van der Waals surface area (Å²) < 4.78 is 0. The van der Waals surface area contributed by atoms with Crippen molar-refractivity contribution in [3.63, 3.8) is 0 Å². The zero-order chi connectivity index (χ0) is 10.9. The largest absolute Gasteiger partial charge is 0.365 e. The van der Waals surface area contributed by atoms with Gasteiger partial charge in [-0.15, -0.1) is 0 Å². The van der Waals surface area contributed by atoms with Crippen molar-refractivity contribution >= 4 is 5.69 Å². The Balaban J connectivity index is 2.27. The number of anilines is 1. The van der Waals surface area contributed by atoms with Crippen molar-refractivity contribution in [3.05, 3.63) is 29.8 Å². The molecule has 2 heteroatoms. The summed E-state index contributed by atoms with van der Waals surface area (Å²) in [6, 6.07) is 8.74. The Morgan fingerprint density at radius 3 is 2.80 bits per heavy atom. The molecule has 15 heavy (non-hydrogen) atoms. The molecule has 0 fully saturated rings. The fourth-order valence-electron chi connectivity index (χ4n) is 2.50. The summed E-state index contributed by atoms with van der Waals surface area (Å²) in [6.07, 6.45) is 1.18. The molecule has 0 unspecified atom stereocenters. The highest BCUT2D eigenvalue weighted by atomic mass is 15.2. The molecule has 0 amide bonds. The molecule has 0 saturated carbocycles. The third kappa shape index (κ3) is 1.86. The second-order valence-electron chi connectivity index (χ2n) is 4.87. The summed E-state index contributed by atoms with van der Waals surface area (Å²) in [4.78, 5) is 2.51. The van der Waals surface area contributed by atoms with Gasteiger partial charge in [-0.2, -0.15) is 0 Å². The molecule has 0 saturated heterocycles. The van der Waals surface area contributed by atoms with Crippen LogP contribution in [0.1, 0.15) is 19.4 Å². The summed E-state index contributed by atoms with van der Waals surface area (Å²) in [5.74, 6) is 0. The first kappa shape index (κ1) is 10.5. The predicted molar refractivity (Wildman–Crippen MR) is 65.5 cm³/mol. The van der Waals surface area contributed by atoms with E-state index < -0.39 is 0 Å². The second kappa shape index (κ2) is 3.86. The van der Waals surface area contributed by atoms with Gasteiger partial charge in [-0.25, -0.2) is 0 Å². The summed E-state index contributed by atoms with van der Waals surface area (Å²) in [6.45, 7) is 6.76. The second-order valence-corrected chi connectivity index (χ2v) is 4.87. The van der Waals surface area contributed by atoms with E-state index in [0.29, 0.717) is 0 Å². The van der Waals surface area contributed by atoms with Crippen LogP contribution in [0.4, 0.5) is 5.69 Å². The highest BCUT2D eigenvalue weighted by molar-refractivity contribution is 5.59. The van der Waals surface area contributed by atoms with Crippen molar-refractivity contribution in [2.45, 2.75) is 25.8 Å². The van der Waals surface area contributed by atoms with E-state index in [1.807, 2.05) is 7.05 Å². The van der Waals surface area contributed by atoms with Crippen LogP contribution in [0.5, 0.6) is 0 Å². The SMILES string of the molecule is CNCC(C)(C)N1CCc2ccccc21. The molecule has 0 bridgehead atoms. The third-order valence-corrected chi connectivity index (χ3v) is 3.23. The minimum Gasteiger partial charge on any atom is -0.365 e. The number of nitrogens with one attached hydrogen (secondary N) is 1. The van der Waals surface area contributed by atoms with Gasteiger partial charge in [0, 0.05) is 24.3 Å². The maximum atomic E-state index is 3.27. The normalized spacial score (nSPS) is 15.5. The predicted octanol–water partition coefficient (Wildman–Crippen LogP) is 2.05. The molecule has 1 aliphatic rings. The Morgan fingerprint density at radius 2 is 2.07 bits per heavy atom. The number of likely N-dealkylation sites (N-methyl/N-ethyl adjacent to an activating group) is 1. The fraction of sp³-hybridized carbons (Fsp3) is 0.538. The van der Waals surface area contributed by atoms with Gasteiger partial charge in [0.1, 0.15) is 0 Å². The monoisotopic (exact) mass is 204 g/mol. The van der Waals surface area contributed by atoms with Crippen LogP contribution in [0.15, 0.2) is 24.3 Å². The van der Waals surface area contributed by atoms with E-state index in [2.05, 4.69) is 48.3 Å². The number of para-hydroxylation sites is 1. The minimum absolute atomic E-state index is 0.196. The van der Waals surface area contributed by atoms with E-state index in [0.717, 1.165) is 13.1 Å². The summed E-state index contributed by atoms with van der Waals surface area (Å²) in [5.41, 5.74) is 3.10. The van der Waals surface area contributed by atoms with Crippen molar-refractivity contribution in [3.8, 4) is 0 Å². The van der Waals surface area contributed by atoms with Crippen LogP contribution < -0.4 is 10.2 Å². The maximum Gasteiger partial charge on any atom is 0.0470 e. The molecule has 2 rings (SSSR count). The maximum absolute atomic E-state index is 3.27. The van der Waals surface area contributed by atoms with E-state index in [4.69, 9.17) is 0 Å². The number of rotatable bonds is 3. The lowest BCUT2D eigenvalue weighted by Gasteiger charge is -2.37. The number of fused-ring (bicyclic) bond motifs is 1. The number of nitrogens with zero attached hydrogens (tertiary/aromatic N) is 1. The zero-order valence-corrected chi connectivity index (χ0v) is 9.88. The van der Waals surface area contributed by atoms with Crippen LogP contribution in [-0.2, 0) is 6.42 Å². The smallest absolute Gasteiger partial charge is 0.0470 e. The lowest BCUT2D eigenvalue weighted by Crippen LogP contribution is -2.49. The highest BCUT2D eigenvalue weighted by Crippen LogP contribution is 2.32. The molecule has 0 aromatic heterocycles. The lowest BCUT2D eigenvalue weighted by molar-refractivity contribution is 0.449. The van der Waals surface area contributed by atoms with Gasteiger partial charge in [0.2, 0.25) is 0 Å². The zero-order valence-electron chi connectivity index (χ0n) is 9.88. The van der Waals surface area contributed by atoms with Crippen LogP contribution in [-0.4, -0.2) is 25.7 Å². The molecule has 1 heterocycles. The Bertz CT molecular complexity index is 344. The molecule has 1 N–H and O–H groups in total. The molecule has 1 aromatic carbocycles. The molecule has 2 nitrogen and oxygen atoms in total. The standard InChI is InChI=1S/C13H20N2/c1-13(2,10-14-3)15-9-8-11-6-4-5-7-12(11)15/h4-7,14H,8-10H2,1-3H3. The van der Waals surface area contributed by atoms with Crippen molar-refractivity contribution in [1.82, 2.24) is 5.32 Å². The van der Waals surface area contributed by atoms with Gasteiger partial charge in [0.05, 0.1) is 0 Å². The summed E-state index contributed by atoms with van der Waals surface area (Å²) >= 11 is 0. The van der Waals surface area contributed by atoms with Gasteiger partial charge in [0.15, 0.2) is 0 Å². The van der Waals surface area contributed by atoms with Gasteiger partial charge in [-0.1, -0.05) is 18.2 Å². The average molecular weight is 204 g/mol. The van der Waals surface area contributed by atoms with Gasteiger partial charge in [-0.05, 0) is 38.9 Å². The molecule has 0 atom stereocenters. The Labute approximate surface area is 92.3 Å². The lowest BCUT2D eigenvalue weighted by atomic mass is 10.0. The van der Waals surface area contributed by atoms with Crippen molar-refractivity contribution in [2.24, 2.45) is 0 Å².